The number of H-pyrrole nitrogens is 1. The van der Waals surface area contributed by atoms with Crippen molar-refractivity contribution in [1.29, 1.82) is 5.26 Å². The average molecular weight is 506 g/mol. The van der Waals surface area contributed by atoms with E-state index in [1.807, 2.05) is 6.07 Å². The van der Waals surface area contributed by atoms with Crippen LogP contribution in [-0.2, 0) is 0 Å². The van der Waals surface area contributed by atoms with E-state index in [0.29, 0.717) is 29.7 Å². The molecule has 194 valence electrons. The van der Waals surface area contributed by atoms with Gasteiger partial charge in [0.1, 0.15) is 11.8 Å². The number of hydrogen-bond donors (Lipinski definition) is 3. The number of anilines is 1. The fourth-order valence-corrected chi connectivity index (χ4v) is 5.81. The summed E-state index contributed by atoms with van der Waals surface area (Å²) < 4.78 is 35.9. The maximum Gasteiger partial charge on any atom is 0.408 e. The van der Waals surface area contributed by atoms with Crippen LogP contribution in [0.25, 0.3) is 5.57 Å². The molecular weight excluding hydrogens is 466 g/mol. The fourth-order valence-electron chi connectivity index (χ4n) is 5.81. The molecule has 2 aromatic rings. The molecule has 2 amide bonds. The summed E-state index contributed by atoms with van der Waals surface area (Å²) in [6.07, 6.45) is 1.01. The van der Waals surface area contributed by atoms with Gasteiger partial charge in [0.15, 0.2) is 5.82 Å². The summed E-state index contributed by atoms with van der Waals surface area (Å²) in [5.41, 5.74) is 0.0198. The molecule has 1 saturated carbocycles. The molecule has 6 unspecified atom stereocenters. The van der Waals surface area contributed by atoms with Crippen LogP contribution < -0.4 is 5.32 Å². The Labute approximate surface area is 223 Å². The normalized spacial score (nSPS) is 37.9. The molecule has 0 radical (unpaired) electrons. The first-order valence-electron chi connectivity index (χ1n) is 14.7. The van der Waals surface area contributed by atoms with E-state index in [1.165, 1.54) is 11.1 Å². The number of amides is 2. The van der Waals surface area contributed by atoms with E-state index in [1.54, 1.807) is 38.1 Å². The SMILES string of the molecule is [2H]C1CC(C)(C)CCC1([2H])c1cc(C2=CC3(C)C([2H])C([2H])C(C)(C2)N3C(=O)O)ccc1NC(=O)c1ncc(C#N)[nH]1. The standard InChI is InChI=1S/C29H35N5O3/c1-27(2)9-7-18(8-10-27)22-13-19(5-6-23(22)33-25(35)24-31-17-21(16-30)32-24)20-14-28(3)11-12-29(4,15-20)34(28)26(36)37/h5-6,13-14,17-18H,7-12,15H2,1-4H3,(H,31,32)(H,33,35)(H,36,37)/i7D,11D,12D,18D. The maximum absolute atomic E-state index is 13.1. The largest absolute Gasteiger partial charge is 0.465 e. The minimum Gasteiger partial charge on any atom is -0.465 e. The molecule has 1 saturated heterocycles. The summed E-state index contributed by atoms with van der Waals surface area (Å²) >= 11 is 0. The van der Waals surface area contributed by atoms with Crippen LogP contribution in [0.5, 0.6) is 0 Å². The summed E-state index contributed by atoms with van der Waals surface area (Å²) in [5, 5.41) is 21.9. The van der Waals surface area contributed by atoms with E-state index in [9.17, 15) is 16.1 Å². The number of carbonyl (C=O) groups is 2. The van der Waals surface area contributed by atoms with Gasteiger partial charge >= 0.3 is 6.09 Å². The zero-order valence-corrected chi connectivity index (χ0v) is 21.6. The smallest absolute Gasteiger partial charge is 0.408 e. The third kappa shape index (κ3) is 4.52. The van der Waals surface area contributed by atoms with Crippen LogP contribution in [-0.4, -0.2) is 43.1 Å². The summed E-state index contributed by atoms with van der Waals surface area (Å²) in [5.74, 6) is -1.96. The number of hydrogen-bond acceptors (Lipinski definition) is 4. The molecular formula is C29H35N5O3. The molecule has 1 aromatic heterocycles. The molecule has 6 atom stereocenters. The third-order valence-corrected chi connectivity index (χ3v) is 7.85. The van der Waals surface area contributed by atoms with Gasteiger partial charge in [-0.05, 0) is 98.9 Å². The molecule has 5 rings (SSSR count). The van der Waals surface area contributed by atoms with Crippen molar-refractivity contribution in [3.8, 4) is 6.07 Å². The van der Waals surface area contributed by atoms with Crippen molar-refractivity contribution in [2.24, 2.45) is 5.41 Å². The summed E-state index contributed by atoms with van der Waals surface area (Å²) in [7, 11) is 0. The van der Waals surface area contributed by atoms with Crippen molar-refractivity contribution < 1.29 is 20.2 Å². The molecule has 8 heteroatoms. The second-order valence-electron chi connectivity index (χ2n) is 11.5. The van der Waals surface area contributed by atoms with Crippen LogP contribution in [0.2, 0.25) is 0 Å². The molecule has 37 heavy (non-hydrogen) atoms. The van der Waals surface area contributed by atoms with Gasteiger partial charge in [0, 0.05) is 16.7 Å². The quantitative estimate of drug-likeness (QED) is 0.450. The molecule has 2 aliphatic heterocycles. The lowest BCUT2D eigenvalue weighted by atomic mass is 9.70. The van der Waals surface area contributed by atoms with Crippen LogP contribution in [0, 0.1) is 16.7 Å². The molecule has 1 aromatic carbocycles. The molecule has 0 spiro atoms. The van der Waals surface area contributed by atoms with E-state index in [2.05, 4.69) is 29.1 Å². The van der Waals surface area contributed by atoms with Gasteiger partial charge in [-0.15, -0.1) is 0 Å². The van der Waals surface area contributed by atoms with Gasteiger partial charge in [0.2, 0.25) is 0 Å². The highest BCUT2D eigenvalue weighted by Crippen LogP contribution is 2.52. The lowest BCUT2D eigenvalue weighted by Crippen LogP contribution is -2.55. The van der Waals surface area contributed by atoms with Crippen LogP contribution in [0.15, 0.2) is 30.5 Å². The molecule has 3 N–H and O–H groups in total. The summed E-state index contributed by atoms with van der Waals surface area (Å²) in [6, 6.07) is 7.17. The Kier molecular flexibility index (Phi) is 4.84. The van der Waals surface area contributed by atoms with Crippen molar-refractivity contribution >= 4 is 23.3 Å². The number of benzene rings is 1. The van der Waals surface area contributed by atoms with E-state index < -0.39 is 48.2 Å². The topological polar surface area (TPSA) is 122 Å². The second-order valence-corrected chi connectivity index (χ2v) is 11.5. The highest BCUT2D eigenvalue weighted by Gasteiger charge is 2.54. The minimum atomic E-state index is -1.33. The Balaban J connectivity index is 1.60. The number of fused-ring (bicyclic) bond motifs is 2. The fraction of sp³-hybridized carbons (Fsp3) is 0.517. The van der Waals surface area contributed by atoms with Gasteiger partial charge in [-0.3, -0.25) is 9.69 Å². The van der Waals surface area contributed by atoms with Crippen LogP contribution in [0.3, 0.4) is 0 Å². The minimum absolute atomic E-state index is 0.0491. The number of carboxylic acid groups (broad SMARTS) is 1. The first-order chi connectivity index (χ1) is 19.1. The maximum atomic E-state index is 13.1. The Hall–Kier alpha value is -3.60. The molecule has 3 heterocycles. The van der Waals surface area contributed by atoms with E-state index in [4.69, 9.17) is 9.37 Å². The zero-order valence-electron chi connectivity index (χ0n) is 25.6. The number of aromatic amines is 1. The Morgan fingerprint density at radius 1 is 1.30 bits per heavy atom. The third-order valence-electron chi connectivity index (χ3n) is 7.85. The van der Waals surface area contributed by atoms with Gasteiger partial charge in [-0.25, -0.2) is 9.78 Å². The van der Waals surface area contributed by atoms with Crippen molar-refractivity contribution in [2.45, 2.75) is 89.5 Å². The molecule has 2 bridgehead atoms. The summed E-state index contributed by atoms with van der Waals surface area (Å²) in [4.78, 5) is 33.2. The molecule has 3 aliphatic rings. The number of imidazole rings is 1. The van der Waals surface area contributed by atoms with Gasteiger partial charge in [0.25, 0.3) is 5.91 Å². The predicted molar refractivity (Wildman–Crippen MR) is 141 cm³/mol. The van der Waals surface area contributed by atoms with Gasteiger partial charge in [0.05, 0.1) is 11.7 Å². The average Bonchev–Trinajstić information content (AvgIpc) is 3.42. The monoisotopic (exact) mass is 505 g/mol. The number of nitrogens with one attached hydrogen (secondary N) is 2. The molecule has 2 fully saturated rings. The molecule has 8 nitrogen and oxygen atoms in total. The van der Waals surface area contributed by atoms with Gasteiger partial charge < -0.3 is 15.4 Å². The highest BCUT2D eigenvalue weighted by molar-refractivity contribution is 6.02. The van der Waals surface area contributed by atoms with Crippen LogP contribution in [0.4, 0.5) is 10.5 Å². The van der Waals surface area contributed by atoms with Crippen LogP contribution in [0.1, 0.15) is 111 Å². The first-order valence-corrected chi connectivity index (χ1v) is 12.5. The predicted octanol–water partition coefficient (Wildman–Crippen LogP) is 6.30. The lowest BCUT2D eigenvalue weighted by molar-refractivity contribution is 0.0685. The first kappa shape index (κ1) is 20.5. The second kappa shape index (κ2) is 8.76. The van der Waals surface area contributed by atoms with E-state index in [-0.39, 0.29) is 23.4 Å². The van der Waals surface area contributed by atoms with Crippen molar-refractivity contribution in [3.05, 3.63) is 53.1 Å². The number of nitrogens with zero attached hydrogens (tertiary/aromatic N) is 3. The van der Waals surface area contributed by atoms with E-state index >= 15 is 0 Å². The number of nitriles is 1. The molecule has 1 aliphatic carbocycles. The van der Waals surface area contributed by atoms with E-state index in [0.717, 1.165) is 12.0 Å². The zero-order chi connectivity index (χ0) is 30.1. The van der Waals surface area contributed by atoms with Crippen molar-refractivity contribution in [3.63, 3.8) is 0 Å². The number of rotatable bonds is 4. The van der Waals surface area contributed by atoms with Gasteiger partial charge in [-0.1, -0.05) is 26.0 Å². The van der Waals surface area contributed by atoms with Crippen LogP contribution >= 0.6 is 0 Å². The van der Waals surface area contributed by atoms with Crippen molar-refractivity contribution in [2.75, 3.05) is 5.32 Å². The van der Waals surface area contributed by atoms with Gasteiger partial charge in [-0.2, -0.15) is 5.26 Å². The Bertz CT molecular complexity index is 1500. The summed E-state index contributed by atoms with van der Waals surface area (Å²) in [6.45, 7) is 7.56. The highest BCUT2D eigenvalue weighted by atomic mass is 16.4. The lowest BCUT2D eigenvalue weighted by Gasteiger charge is -2.45. The Morgan fingerprint density at radius 2 is 2.08 bits per heavy atom. The Morgan fingerprint density at radius 3 is 2.73 bits per heavy atom. The number of aromatic nitrogens is 2. The van der Waals surface area contributed by atoms with Crippen molar-refractivity contribution in [1.82, 2.24) is 14.9 Å². The number of carbonyl (C=O) groups excluding carboxylic acids is 1.